The van der Waals surface area contributed by atoms with Crippen LogP contribution < -0.4 is 14.8 Å². The first-order chi connectivity index (χ1) is 19.6. The average Bonchev–Trinajstić information content (AvgIpc) is 3.43. The van der Waals surface area contributed by atoms with E-state index in [1.165, 1.54) is 11.8 Å². The highest BCUT2D eigenvalue weighted by molar-refractivity contribution is 8.00. The molecule has 8 heteroatoms. The average molecular weight is 551 g/mol. The number of ether oxygens (including phenoxy) is 2. The van der Waals surface area contributed by atoms with Gasteiger partial charge in [0, 0.05) is 11.3 Å². The first-order valence-electron chi connectivity index (χ1n) is 12.9. The second-order valence-corrected chi connectivity index (χ2v) is 10.4. The van der Waals surface area contributed by atoms with E-state index in [-0.39, 0.29) is 11.9 Å². The summed E-state index contributed by atoms with van der Waals surface area (Å²) in [5.74, 6) is 1.76. The summed E-state index contributed by atoms with van der Waals surface area (Å²) < 4.78 is 12.9. The lowest BCUT2D eigenvalue weighted by molar-refractivity contribution is -0.120. The maximum Gasteiger partial charge on any atom is 0.234 e. The topological polar surface area (TPSA) is 78.3 Å². The molecular weight excluding hydrogens is 520 g/mol. The molecule has 1 aromatic heterocycles. The van der Waals surface area contributed by atoms with E-state index in [2.05, 4.69) is 15.5 Å². The van der Waals surface area contributed by atoms with Crippen LogP contribution in [0.4, 0.5) is 0 Å². The fourth-order valence-corrected chi connectivity index (χ4v) is 5.32. The smallest absolute Gasteiger partial charge is 0.234 e. The lowest BCUT2D eigenvalue weighted by Crippen LogP contribution is -2.35. The molecule has 40 heavy (non-hydrogen) atoms. The Morgan fingerprint density at radius 3 is 1.93 bits per heavy atom. The monoisotopic (exact) mass is 550 g/mol. The molecular formula is C32H30N4O3S. The molecule has 0 radical (unpaired) electrons. The lowest BCUT2D eigenvalue weighted by Gasteiger charge is -2.22. The van der Waals surface area contributed by atoms with Crippen LogP contribution >= 0.6 is 11.8 Å². The van der Waals surface area contributed by atoms with E-state index in [0.717, 1.165) is 22.4 Å². The van der Waals surface area contributed by atoms with Crippen LogP contribution in [0, 0.1) is 0 Å². The molecule has 5 rings (SSSR count). The van der Waals surface area contributed by atoms with Crippen molar-refractivity contribution < 1.29 is 14.3 Å². The second kappa shape index (κ2) is 12.5. The summed E-state index contributed by atoms with van der Waals surface area (Å²) in [4.78, 5) is 13.6. The number of methoxy groups -OCH3 is 2. The van der Waals surface area contributed by atoms with E-state index in [0.29, 0.717) is 22.5 Å². The first-order valence-corrected chi connectivity index (χ1v) is 13.8. The molecule has 1 N–H and O–H groups in total. The SMILES string of the molecule is COc1ccc(-c2nnc(SC(C)C(=O)NC(c3ccccc3)c3ccccc3)n2-c2ccccc2)cc1OC. The van der Waals surface area contributed by atoms with Gasteiger partial charge in [-0.05, 0) is 48.4 Å². The first kappa shape index (κ1) is 27.0. The van der Waals surface area contributed by atoms with Crippen molar-refractivity contribution in [1.82, 2.24) is 20.1 Å². The molecule has 1 unspecified atom stereocenters. The molecule has 4 aromatic carbocycles. The number of thioether (sulfide) groups is 1. The molecule has 1 atom stereocenters. The molecule has 0 aliphatic rings. The molecule has 0 bridgehead atoms. The fraction of sp³-hybridized carbons (Fsp3) is 0.156. The molecule has 0 aliphatic heterocycles. The Morgan fingerprint density at radius 1 is 0.775 bits per heavy atom. The number of carbonyl (C=O) groups excluding carboxylic acids is 1. The van der Waals surface area contributed by atoms with Gasteiger partial charge in [-0.3, -0.25) is 9.36 Å². The van der Waals surface area contributed by atoms with E-state index in [1.807, 2.05) is 121 Å². The molecule has 0 fully saturated rings. The third-order valence-electron chi connectivity index (χ3n) is 6.49. The van der Waals surface area contributed by atoms with E-state index in [1.54, 1.807) is 14.2 Å². The molecule has 0 saturated heterocycles. The van der Waals surface area contributed by atoms with Crippen LogP contribution in [0.15, 0.2) is 114 Å². The zero-order valence-corrected chi connectivity index (χ0v) is 23.3. The van der Waals surface area contributed by atoms with Gasteiger partial charge in [-0.15, -0.1) is 10.2 Å². The van der Waals surface area contributed by atoms with Gasteiger partial charge in [0.25, 0.3) is 0 Å². The minimum absolute atomic E-state index is 0.0991. The predicted octanol–water partition coefficient (Wildman–Crippen LogP) is 6.34. The lowest BCUT2D eigenvalue weighted by atomic mass is 9.98. The summed E-state index contributed by atoms with van der Waals surface area (Å²) in [5, 5.41) is 12.4. The number of rotatable bonds is 10. The summed E-state index contributed by atoms with van der Waals surface area (Å²) in [6.45, 7) is 1.88. The summed E-state index contributed by atoms with van der Waals surface area (Å²) in [6.07, 6.45) is 0. The quantitative estimate of drug-likeness (QED) is 0.205. The number of carbonyl (C=O) groups is 1. The van der Waals surface area contributed by atoms with Crippen molar-refractivity contribution in [2.24, 2.45) is 0 Å². The summed E-state index contributed by atoms with van der Waals surface area (Å²) in [6, 6.07) is 35.2. The van der Waals surface area contributed by atoms with Gasteiger partial charge in [0.15, 0.2) is 22.5 Å². The highest BCUT2D eigenvalue weighted by Crippen LogP contribution is 2.35. The Balaban J connectivity index is 1.45. The third kappa shape index (κ3) is 5.87. The van der Waals surface area contributed by atoms with Gasteiger partial charge in [-0.2, -0.15) is 0 Å². The summed E-state index contributed by atoms with van der Waals surface area (Å²) in [7, 11) is 3.20. The number of hydrogen-bond donors (Lipinski definition) is 1. The standard InChI is InChI=1S/C32H30N4O3S/c1-22(31(37)33-29(23-13-7-4-8-14-23)24-15-9-5-10-16-24)40-32-35-34-30(36(32)26-17-11-6-12-18-26)25-19-20-27(38-2)28(21-25)39-3/h4-22,29H,1-3H3,(H,33,37). The zero-order valence-electron chi connectivity index (χ0n) is 22.5. The maximum absolute atomic E-state index is 13.6. The fourth-order valence-electron chi connectivity index (χ4n) is 4.44. The van der Waals surface area contributed by atoms with Crippen LogP contribution in [0.2, 0.25) is 0 Å². The molecule has 0 spiro atoms. The number of amides is 1. The molecule has 1 heterocycles. The van der Waals surface area contributed by atoms with Gasteiger partial charge in [-0.1, -0.05) is 90.6 Å². The Labute approximate surface area is 238 Å². The van der Waals surface area contributed by atoms with E-state index in [9.17, 15) is 4.79 Å². The predicted molar refractivity (Wildman–Crippen MR) is 158 cm³/mol. The van der Waals surface area contributed by atoms with Crippen molar-refractivity contribution in [3.05, 3.63) is 120 Å². The number of nitrogens with zero attached hydrogens (tertiary/aromatic N) is 3. The highest BCUT2D eigenvalue weighted by atomic mass is 32.2. The van der Waals surface area contributed by atoms with Crippen molar-refractivity contribution in [2.75, 3.05) is 14.2 Å². The van der Waals surface area contributed by atoms with Gasteiger partial charge in [0.2, 0.25) is 5.91 Å². The minimum atomic E-state index is -0.445. The van der Waals surface area contributed by atoms with Crippen LogP contribution in [0.25, 0.3) is 17.1 Å². The van der Waals surface area contributed by atoms with Gasteiger partial charge in [0.05, 0.1) is 25.5 Å². The van der Waals surface area contributed by atoms with Gasteiger partial charge in [0.1, 0.15) is 0 Å². The Hall–Kier alpha value is -4.56. The van der Waals surface area contributed by atoms with Crippen molar-refractivity contribution in [2.45, 2.75) is 23.4 Å². The van der Waals surface area contributed by atoms with Crippen LogP contribution in [0.1, 0.15) is 24.1 Å². The van der Waals surface area contributed by atoms with Crippen LogP contribution in [-0.2, 0) is 4.79 Å². The Bertz CT molecular complexity index is 1520. The maximum atomic E-state index is 13.6. The Morgan fingerprint density at radius 2 is 1.35 bits per heavy atom. The van der Waals surface area contributed by atoms with Crippen molar-refractivity contribution >= 4 is 17.7 Å². The molecule has 7 nitrogen and oxygen atoms in total. The zero-order chi connectivity index (χ0) is 27.9. The third-order valence-corrected chi connectivity index (χ3v) is 7.54. The highest BCUT2D eigenvalue weighted by Gasteiger charge is 2.25. The molecule has 5 aromatic rings. The van der Waals surface area contributed by atoms with Crippen LogP contribution in [0.3, 0.4) is 0 Å². The number of benzene rings is 4. The number of hydrogen-bond acceptors (Lipinski definition) is 6. The van der Waals surface area contributed by atoms with E-state index < -0.39 is 5.25 Å². The van der Waals surface area contributed by atoms with E-state index >= 15 is 0 Å². The van der Waals surface area contributed by atoms with Crippen LogP contribution in [0.5, 0.6) is 11.5 Å². The van der Waals surface area contributed by atoms with Crippen molar-refractivity contribution in [1.29, 1.82) is 0 Å². The van der Waals surface area contributed by atoms with Gasteiger partial charge < -0.3 is 14.8 Å². The van der Waals surface area contributed by atoms with Crippen LogP contribution in [-0.4, -0.2) is 40.1 Å². The van der Waals surface area contributed by atoms with Crippen molar-refractivity contribution in [3.8, 4) is 28.6 Å². The van der Waals surface area contributed by atoms with Gasteiger partial charge in [-0.25, -0.2) is 0 Å². The number of para-hydroxylation sites is 1. The second-order valence-electron chi connectivity index (χ2n) is 9.07. The number of aromatic nitrogens is 3. The summed E-state index contributed by atoms with van der Waals surface area (Å²) in [5.41, 5.74) is 3.73. The molecule has 0 aliphatic carbocycles. The Kier molecular flexibility index (Phi) is 8.47. The largest absolute Gasteiger partial charge is 0.493 e. The number of nitrogens with one attached hydrogen (secondary N) is 1. The van der Waals surface area contributed by atoms with E-state index in [4.69, 9.17) is 9.47 Å². The molecule has 0 saturated carbocycles. The van der Waals surface area contributed by atoms with Crippen molar-refractivity contribution in [3.63, 3.8) is 0 Å². The summed E-state index contributed by atoms with van der Waals surface area (Å²) >= 11 is 1.36. The normalized spacial score (nSPS) is 11.7. The molecule has 1 amide bonds. The minimum Gasteiger partial charge on any atom is -0.493 e. The molecule has 202 valence electrons. The van der Waals surface area contributed by atoms with Gasteiger partial charge >= 0.3 is 0 Å².